The van der Waals surface area contributed by atoms with Crippen LogP contribution in [-0.2, 0) is 11.8 Å². The van der Waals surface area contributed by atoms with Crippen LogP contribution in [0.25, 0.3) is 120 Å². The van der Waals surface area contributed by atoms with Crippen LogP contribution in [0.2, 0.25) is 0 Å². The molecule has 0 saturated heterocycles. The van der Waals surface area contributed by atoms with Crippen LogP contribution in [0.1, 0.15) is 37.5 Å². The first-order valence-corrected chi connectivity index (χ1v) is 23.4. The molecule has 13 aromatic rings. The Kier molecular flexibility index (Phi) is 8.85. The molecule has 3 heterocycles. The van der Waals surface area contributed by atoms with Crippen LogP contribution in [0.5, 0.6) is 0 Å². The molecule has 3 nitrogen and oxygen atoms in total. The molecule has 0 amide bonds. The van der Waals surface area contributed by atoms with Crippen molar-refractivity contribution in [1.29, 1.82) is 0 Å². The van der Waals surface area contributed by atoms with E-state index < -0.39 is 0 Å². The summed E-state index contributed by atoms with van der Waals surface area (Å²) in [4.78, 5) is 12.8. The number of aromatic nitrogens is 3. The van der Waals surface area contributed by atoms with Gasteiger partial charge in [-0.1, -0.05) is 148 Å². The Morgan fingerprint density at radius 3 is 1.31 bits per heavy atom. The van der Waals surface area contributed by atoms with Gasteiger partial charge >= 0.3 is 0 Å². The van der Waals surface area contributed by atoms with Gasteiger partial charge < -0.3 is 0 Å². The normalized spacial score (nSPS) is 12.9. The number of fused-ring (bicyclic) bond motifs is 3. The average Bonchev–Trinajstić information content (AvgIpc) is 3.62. The smallest absolute Gasteiger partial charge is 0.0346 e. The minimum atomic E-state index is -0.105. The van der Waals surface area contributed by atoms with Gasteiger partial charge in [-0.05, 0) is 180 Å². The highest BCUT2D eigenvalue weighted by atomic mass is 14.6. The fourth-order valence-corrected chi connectivity index (χ4v) is 11.4. The summed E-state index contributed by atoms with van der Waals surface area (Å²) in [7, 11) is 0. The minimum absolute atomic E-state index is 0.105. The van der Waals surface area contributed by atoms with E-state index >= 15 is 0 Å². The first-order valence-electron chi connectivity index (χ1n) is 23.4. The quantitative estimate of drug-likeness (QED) is 0.162. The van der Waals surface area contributed by atoms with Crippen LogP contribution in [0.15, 0.2) is 207 Å². The van der Waals surface area contributed by atoms with Crippen molar-refractivity contribution in [3.63, 3.8) is 0 Å². The van der Waals surface area contributed by atoms with E-state index in [1.54, 1.807) is 0 Å². The monoisotopic (exact) mass is 855 g/mol. The van der Waals surface area contributed by atoms with Crippen molar-refractivity contribution in [2.45, 2.75) is 32.6 Å². The Bertz CT molecular complexity index is 4020. The fraction of sp³-hybridized carbons (Fsp3) is 0.0781. The summed E-state index contributed by atoms with van der Waals surface area (Å²) in [5.74, 6) is 0. The van der Waals surface area contributed by atoms with Gasteiger partial charge in [-0.15, -0.1) is 0 Å². The first-order chi connectivity index (χ1) is 32.9. The predicted octanol–water partition coefficient (Wildman–Crippen LogP) is 16.9. The lowest BCUT2D eigenvalue weighted by Crippen LogP contribution is -2.15. The molecule has 0 atom stereocenters. The van der Waals surface area contributed by atoms with Gasteiger partial charge in [0.2, 0.25) is 0 Å². The van der Waals surface area contributed by atoms with Crippen molar-refractivity contribution >= 4 is 64.6 Å². The topological polar surface area (TPSA) is 38.7 Å². The first kappa shape index (κ1) is 39.1. The summed E-state index contributed by atoms with van der Waals surface area (Å²) >= 11 is 0. The van der Waals surface area contributed by atoms with Crippen LogP contribution in [-0.4, -0.2) is 15.0 Å². The number of rotatable bonds is 5. The SMILES string of the molecule is CC1(C)c2cc(-c3ccncc3)ccc2-c2ccc(-c3ccc4ccc5c(-c6cccnc6)ccc6ccc3c4c65)cc21.CCc1ccc2ccc3c(-c4ccncc4)ccc4ccc1c2c43. The van der Waals surface area contributed by atoms with Crippen molar-refractivity contribution in [2.75, 3.05) is 0 Å². The zero-order valence-electron chi connectivity index (χ0n) is 37.7. The highest BCUT2D eigenvalue weighted by Gasteiger charge is 2.36. The van der Waals surface area contributed by atoms with Crippen molar-refractivity contribution in [2.24, 2.45) is 0 Å². The van der Waals surface area contributed by atoms with Crippen LogP contribution in [0, 0.1) is 0 Å². The average molecular weight is 856 g/mol. The van der Waals surface area contributed by atoms with Crippen LogP contribution >= 0.6 is 0 Å². The molecular weight excluding hydrogens is 811 g/mol. The Balaban J connectivity index is 0.000000157. The molecular formula is C64H45N3. The highest BCUT2D eigenvalue weighted by Crippen LogP contribution is 2.52. The molecule has 0 N–H and O–H groups in total. The molecule has 0 unspecified atom stereocenters. The maximum Gasteiger partial charge on any atom is 0.0346 e. The maximum absolute atomic E-state index is 4.40. The summed E-state index contributed by atoms with van der Waals surface area (Å²) in [6, 6.07) is 62.9. The maximum atomic E-state index is 4.40. The number of aryl methyl sites for hydroxylation is 1. The Morgan fingerprint density at radius 1 is 0.343 bits per heavy atom. The number of hydrogen-bond donors (Lipinski definition) is 0. The molecule has 67 heavy (non-hydrogen) atoms. The molecule has 0 aliphatic heterocycles. The zero-order chi connectivity index (χ0) is 44.8. The fourth-order valence-electron chi connectivity index (χ4n) is 11.4. The summed E-state index contributed by atoms with van der Waals surface area (Å²) in [5, 5.41) is 15.9. The van der Waals surface area contributed by atoms with Crippen molar-refractivity contribution in [3.05, 3.63) is 224 Å². The van der Waals surface area contributed by atoms with E-state index in [0.29, 0.717) is 0 Å². The molecule has 316 valence electrons. The standard InChI is InChI=1S/C41H28N2.C23H17N/c1-41(2)37-22-28(25-17-20-42-21-18-25)9-13-33(37)34-14-10-29(23-38(34)41)31-11-5-26-8-16-36-32(30-4-3-19-43-24-30)12-6-27-7-15-35(31)39(26)40(27)36;1-2-15-3-4-17-7-10-21-19(16-11-13-24-14-12-16)8-5-18-6-9-20(15)22(17)23(18)21/h3-24H,1-2H3;3-14H,2H2,1H3. The van der Waals surface area contributed by atoms with Crippen molar-refractivity contribution in [3.8, 4) is 55.6 Å². The second-order valence-corrected chi connectivity index (χ2v) is 18.6. The number of pyridine rings is 3. The zero-order valence-corrected chi connectivity index (χ0v) is 37.7. The van der Waals surface area contributed by atoms with Gasteiger partial charge in [-0.3, -0.25) is 15.0 Å². The van der Waals surface area contributed by atoms with Crippen molar-refractivity contribution < 1.29 is 0 Å². The molecule has 14 rings (SSSR count). The number of nitrogens with zero attached hydrogens (tertiary/aromatic N) is 3. The van der Waals surface area contributed by atoms with E-state index in [1.807, 2.05) is 43.2 Å². The molecule has 0 saturated carbocycles. The number of hydrogen-bond acceptors (Lipinski definition) is 3. The Labute approximate surface area is 389 Å². The molecule has 0 bridgehead atoms. The summed E-state index contributed by atoms with van der Waals surface area (Å²) in [5.41, 5.74) is 16.6. The van der Waals surface area contributed by atoms with E-state index in [4.69, 9.17) is 0 Å². The van der Waals surface area contributed by atoms with Crippen LogP contribution < -0.4 is 0 Å². The third-order valence-electron chi connectivity index (χ3n) is 14.8. The Morgan fingerprint density at radius 2 is 0.776 bits per heavy atom. The molecule has 0 radical (unpaired) electrons. The van der Waals surface area contributed by atoms with Gasteiger partial charge in [-0.25, -0.2) is 0 Å². The van der Waals surface area contributed by atoms with Gasteiger partial charge in [0, 0.05) is 48.2 Å². The lowest BCUT2D eigenvalue weighted by Gasteiger charge is -2.23. The van der Waals surface area contributed by atoms with Gasteiger partial charge in [-0.2, -0.15) is 0 Å². The Hall–Kier alpha value is -8.27. The van der Waals surface area contributed by atoms with Crippen LogP contribution in [0.4, 0.5) is 0 Å². The van der Waals surface area contributed by atoms with Crippen LogP contribution in [0.3, 0.4) is 0 Å². The molecule has 3 aromatic heterocycles. The van der Waals surface area contributed by atoms with E-state index in [-0.39, 0.29) is 5.41 Å². The second-order valence-electron chi connectivity index (χ2n) is 18.6. The third-order valence-corrected chi connectivity index (χ3v) is 14.8. The molecule has 1 aliphatic rings. The lowest BCUT2D eigenvalue weighted by atomic mass is 9.80. The molecule has 3 heteroatoms. The lowest BCUT2D eigenvalue weighted by molar-refractivity contribution is 0.661. The van der Waals surface area contributed by atoms with E-state index in [1.165, 1.54) is 131 Å². The molecule has 0 fully saturated rings. The van der Waals surface area contributed by atoms with Crippen molar-refractivity contribution in [1.82, 2.24) is 15.0 Å². The third kappa shape index (κ3) is 6.08. The molecule has 1 aliphatic carbocycles. The summed E-state index contributed by atoms with van der Waals surface area (Å²) in [6.45, 7) is 6.96. The second kappa shape index (κ2) is 15.2. The predicted molar refractivity (Wildman–Crippen MR) is 282 cm³/mol. The largest absolute Gasteiger partial charge is 0.265 e. The van der Waals surface area contributed by atoms with Gasteiger partial charge in [0.05, 0.1) is 0 Å². The van der Waals surface area contributed by atoms with E-state index in [9.17, 15) is 0 Å². The summed E-state index contributed by atoms with van der Waals surface area (Å²) in [6.07, 6.45) is 12.3. The number of benzene rings is 10. The summed E-state index contributed by atoms with van der Waals surface area (Å²) < 4.78 is 0. The minimum Gasteiger partial charge on any atom is -0.265 e. The van der Waals surface area contributed by atoms with E-state index in [0.717, 1.165) is 12.0 Å². The van der Waals surface area contributed by atoms with Gasteiger partial charge in [0.15, 0.2) is 0 Å². The highest BCUT2D eigenvalue weighted by molar-refractivity contribution is 6.28. The van der Waals surface area contributed by atoms with Gasteiger partial charge in [0.25, 0.3) is 0 Å². The molecule has 0 spiro atoms. The molecule has 10 aromatic carbocycles. The van der Waals surface area contributed by atoms with Gasteiger partial charge in [0.1, 0.15) is 0 Å². The van der Waals surface area contributed by atoms with E-state index in [2.05, 4.69) is 200 Å².